The number of rotatable bonds is 5. The molecule has 1 aromatic rings. The number of carboxylic acids is 1. The van der Waals surface area contributed by atoms with Crippen LogP contribution in [0.1, 0.15) is 49.5 Å². The van der Waals surface area contributed by atoms with E-state index in [-0.39, 0.29) is 5.91 Å². The van der Waals surface area contributed by atoms with E-state index in [0.29, 0.717) is 31.1 Å². The Morgan fingerprint density at radius 3 is 2.89 bits per heavy atom. The molecule has 27 heavy (non-hydrogen) atoms. The fourth-order valence-corrected chi connectivity index (χ4v) is 3.56. The second kappa shape index (κ2) is 7.59. The first-order chi connectivity index (χ1) is 12.8. The zero-order valence-corrected chi connectivity index (χ0v) is 16.2. The van der Waals surface area contributed by atoms with Crippen LogP contribution in [0, 0.1) is 5.92 Å². The maximum atomic E-state index is 12.8. The predicted molar refractivity (Wildman–Crippen MR) is 104 cm³/mol. The van der Waals surface area contributed by atoms with E-state index < -0.39 is 11.5 Å². The molecule has 2 aliphatic rings. The van der Waals surface area contributed by atoms with Crippen molar-refractivity contribution in [3.8, 4) is 5.75 Å². The van der Waals surface area contributed by atoms with Crippen LogP contribution in [-0.2, 0) is 11.2 Å². The molecule has 144 valence electrons. The van der Waals surface area contributed by atoms with Crippen LogP contribution < -0.4 is 4.74 Å². The Balaban J connectivity index is 1.73. The fraction of sp³-hybridized carbons (Fsp3) is 0.455. The number of hydrogen-bond donors (Lipinski definition) is 1. The van der Waals surface area contributed by atoms with Crippen molar-refractivity contribution >= 4 is 11.9 Å². The number of allylic oxidation sites excluding steroid dienone is 2. The molecule has 1 aromatic carbocycles. The zero-order chi connectivity index (χ0) is 19.6. The molecular weight excluding hydrogens is 342 g/mol. The topological polar surface area (TPSA) is 66.8 Å². The van der Waals surface area contributed by atoms with E-state index >= 15 is 0 Å². The van der Waals surface area contributed by atoms with E-state index in [4.69, 9.17) is 4.74 Å². The number of benzene rings is 1. The summed E-state index contributed by atoms with van der Waals surface area (Å²) in [5.41, 5.74) is 1.42. The SMILES string of the molecule is CC1C=C(COc2ccc3c(c2)CCN(C(C)(C)C(=O)O)C3=O)C=CCC1. The number of amides is 1. The second-order valence-electron chi connectivity index (χ2n) is 7.88. The van der Waals surface area contributed by atoms with Crippen LogP contribution in [0.4, 0.5) is 0 Å². The molecule has 1 heterocycles. The monoisotopic (exact) mass is 369 g/mol. The van der Waals surface area contributed by atoms with Crippen molar-refractivity contribution in [2.45, 2.75) is 45.6 Å². The lowest BCUT2D eigenvalue weighted by atomic mass is 9.93. The molecule has 1 amide bonds. The minimum atomic E-state index is -1.22. The standard InChI is InChI=1S/C22H27NO4/c1-15-6-4-5-7-16(12-15)14-27-18-8-9-19-17(13-18)10-11-23(20(19)24)22(2,3)21(25)26/h5,7-9,12-13,15H,4,6,10-11,14H2,1-3H3,(H,25,26). The molecule has 0 radical (unpaired) electrons. The van der Waals surface area contributed by atoms with Gasteiger partial charge in [0, 0.05) is 12.1 Å². The highest BCUT2D eigenvalue weighted by molar-refractivity contribution is 6.00. The number of ether oxygens (including phenoxy) is 1. The van der Waals surface area contributed by atoms with Gasteiger partial charge in [0.2, 0.25) is 0 Å². The van der Waals surface area contributed by atoms with Crippen LogP contribution in [0.25, 0.3) is 0 Å². The Hall–Kier alpha value is -2.56. The third-order valence-corrected chi connectivity index (χ3v) is 5.38. The molecule has 0 fully saturated rings. The van der Waals surface area contributed by atoms with Gasteiger partial charge in [-0.05, 0) is 68.4 Å². The highest BCUT2D eigenvalue weighted by Crippen LogP contribution is 2.28. The number of carbonyl (C=O) groups excluding carboxylic acids is 1. The molecule has 0 aromatic heterocycles. The first-order valence-corrected chi connectivity index (χ1v) is 9.47. The van der Waals surface area contributed by atoms with Crippen molar-refractivity contribution < 1.29 is 19.4 Å². The van der Waals surface area contributed by atoms with Gasteiger partial charge in [-0.25, -0.2) is 4.79 Å². The van der Waals surface area contributed by atoms with Crippen LogP contribution in [0.15, 0.2) is 42.0 Å². The summed E-state index contributed by atoms with van der Waals surface area (Å²) in [4.78, 5) is 25.7. The van der Waals surface area contributed by atoms with Gasteiger partial charge in [-0.2, -0.15) is 0 Å². The molecule has 0 spiro atoms. The number of fused-ring (bicyclic) bond motifs is 1. The minimum Gasteiger partial charge on any atom is -0.489 e. The van der Waals surface area contributed by atoms with Gasteiger partial charge < -0.3 is 14.7 Å². The van der Waals surface area contributed by atoms with Gasteiger partial charge in [0.15, 0.2) is 0 Å². The predicted octanol–water partition coefficient (Wildman–Crippen LogP) is 3.84. The summed E-state index contributed by atoms with van der Waals surface area (Å²) >= 11 is 0. The Morgan fingerprint density at radius 1 is 1.37 bits per heavy atom. The smallest absolute Gasteiger partial charge is 0.329 e. The molecule has 1 unspecified atom stereocenters. The molecule has 0 saturated carbocycles. The lowest BCUT2D eigenvalue weighted by molar-refractivity contribution is -0.147. The normalized spacial score (nSPS) is 20.0. The average molecular weight is 369 g/mol. The summed E-state index contributed by atoms with van der Waals surface area (Å²) in [5.74, 6) is 0.0404. The van der Waals surface area contributed by atoms with Gasteiger partial charge in [0.1, 0.15) is 17.9 Å². The number of hydrogen-bond acceptors (Lipinski definition) is 3. The van der Waals surface area contributed by atoms with Crippen LogP contribution >= 0.6 is 0 Å². The molecule has 1 aliphatic carbocycles. The molecule has 1 atom stereocenters. The molecule has 0 bridgehead atoms. The highest BCUT2D eigenvalue weighted by Gasteiger charge is 2.40. The minimum absolute atomic E-state index is 0.238. The number of carboxylic acid groups (broad SMARTS) is 1. The van der Waals surface area contributed by atoms with Gasteiger partial charge in [0.05, 0.1) is 0 Å². The van der Waals surface area contributed by atoms with E-state index in [2.05, 4.69) is 25.2 Å². The number of carbonyl (C=O) groups is 2. The van der Waals surface area contributed by atoms with Crippen molar-refractivity contribution in [1.29, 1.82) is 0 Å². The second-order valence-corrected chi connectivity index (χ2v) is 7.88. The molecule has 5 nitrogen and oxygen atoms in total. The summed E-state index contributed by atoms with van der Waals surface area (Å²) in [6.45, 7) is 6.23. The highest BCUT2D eigenvalue weighted by atomic mass is 16.5. The van der Waals surface area contributed by atoms with Crippen molar-refractivity contribution in [2.75, 3.05) is 13.2 Å². The summed E-state index contributed by atoms with van der Waals surface area (Å²) in [7, 11) is 0. The Bertz CT molecular complexity index is 807. The Morgan fingerprint density at radius 2 is 2.15 bits per heavy atom. The molecule has 1 aliphatic heterocycles. The van der Waals surface area contributed by atoms with Gasteiger partial charge in [0.25, 0.3) is 5.91 Å². The first kappa shape index (κ1) is 19.2. The van der Waals surface area contributed by atoms with Crippen LogP contribution in [0.2, 0.25) is 0 Å². The van der Waals surface area contributed by atoms with Crippen LogP contribution in [0.5, 0.6) is 5.75 Å². The average Bonchev–Trinajstić information content (AvgIpc) is 2.83. The summed E-state index contributed by atoms with van der Waals surface area (Å²) in [6.07, 6.45) is 9.42. The van der Waals surface area contributed by atoms with Crippen molar-refractivity contribution in [2.24, 2.45) is 5.92 Å². The summed E-state index contributed by atoms with van der Waals surface area (Å²) < 4.78 is 5.94. The van der Waals surface area contributed by atoms with Gasteiger partial charge in [-0.1, -0.05) is 25.2 Å². The summed E-state index contributed by atoms with van der Waals surface area (Å²) in [5, 5.41) is 9.41. The van der Waals surface area contributed by atoms with Gasteiger partial charge in [-0.15, -0.1) is 0 Å². The van der Waals surface area contributed by atoms with E-state index in [1.165, 1.54) is 10.5 Å². The van der Waals surface area contributed by atoms with E-state index in [0.717, 1.165) is 24.2 Å². The molecular formula is C22H27NO4. The lowest BCUT2D eigenvalue weighted by Gasteiger charge is -2.38. The quantitative estimate of drug-likeness (QED) is 0.856. The zero-order valence-electron chi connectivity index (χ0n) is 16.2. The lowest BCUT2D eigenvalue weighted by Crippen LogP contribution is -2.55. The van der Waals surface area contributed by atoms with Crippen LogP contribution in [0.3, 0.4) is 0 Å². The maximum Gasteiger partial charge on any atom is 0.329 e. The number of nitrogens with zero attached hydrogens (tertiary/aromatic N) is 1. The third-order valence-electron chi connectivity index (χ3n) is 5.38. The van der Waals surface area contributed by atoms with E-state index in [1.54, 1.807) is 26.0 Å². The first-order valence-electron chi connectivity index (χ1n) is 9.47. The van der Waals surface area contributed by atoms with Gasteiger partial charge >= 0.3 is 5.97 Å². The van der Waals surface area contributed by atoms with Crippen molar-refractivity contribution in [3.05, 3.63) is 53.1 Å². The maximum absolute atomic E-state index is 12.8. The Labute approximate surface area is 160 Å². The van der Waals surface area contributed by atoms with E-state index in [9.17, 15) is 14.7 Å². The Kier molecular flexibility index (Phi) is 5.40. The van der Waals surface area contributed by atoms with Crippen molar-refractivity contribution in [1.82, 2.24) is 4.90 Å². The number of aliphatic carboxylic acids is 1. The van der Waals surface area contributed by atoms with Gasteiger partial charge in [-0.3, -0.25) is 4.79 Å². The fourth-order valence-electron chi connectivity index (χ4n) is 3.56. The molecule has 1 N–H and O–H groups in total. The summed E-state index contributed by atoms with van der Waals surface area (Å²) in [6, 6.07) is 5.44. The molecule has 5 heteroatoms. The van der Waals surface area contributed by atoms with Crippen LogP contribution in [-0.4, -0.2) is 40.6 Å². The molecule has 3 rings (SSSR count). The molecule has 0 saturated heterocycles. The third kappa shape index (κ3) is 4.07. The van der Waals surface area contributed by atoms with Crippen molar-refractivity contribution in [3.63, 3.8) is 0 Å². The largest absolute Gasteiger partial charge is 0.489 e. The van der Waals surface area contributed by atoms with E-state index in [1.807, 2.05) is 6.07 Å².